The number of fused-ring (bicyclic) bond motifs is 3. The molecular formula is C19H24ClFN2O2. The summed E-state index contributed by atoms with van der Waals surface area (Å²) >= 11 is 0. The Morgan fingerprint density at radius 1 is 1.28 bits per heavy atom. The number of benzene rings is 1. The number of nitrogens with two attached hydrogens (primary N) is 1. The topological polar surface area (TPSA) is 68.3 Å². The highest BCUT2D eigenvalue weighted by Gasteiger charge is 2.40. The Kier molecular flexibility index (Phi) is 5.07. The lowest BCUT2D eigenvalue weighted by Crippen LogP contribution is -2.53. The van der Waals surface area contributed by atoms with Crippen molar-refractivity contribution in [2.75, 3.05) is 0 Å². The molecule has 1 aromatic heterocycles. The molecule has 2 saturated carbocycles. The molecule has 2 unspecified atom stereocenters. The molecule has 2 aliphatic rings. The van der Waals surface area contributed by atoms with Crippen LogP contribution in [0.4, 0.5) is 4.39 Å². The van der Waals surface area contributed by atoms with E-state index in [0.717, 1.165) is 25.7 Å². The zero-order valence-corrected chi connectivity index (χ0v) is 15.1. The van der Waals surface area contributed by atoms with E-state index in [0.29, 0.717) is 34.1 Å². The van der Waals surface area contributed by atoms with Gasteiger partial charge in [0.05, 0.1) is 0 Å². The molecule has 2 aliphatic carbocycles. The molecule has 25 heavy (non-hydrogen) atoms. The Bertz CT molecular complexity index is 777. The average molecular weight is 367 g/mol. The Hall–Kier alpha value is -1.59. The van der Waals surface area contributed by atoms with E-state index >= 15 is 0 Å². The van der Waals surface area contributed by atoms with Crippen LogP contribution in [0.5, 0.6) is 0 Å². The van der Waals surface area contributed by atoms with E-state index < -0.39 is 0 Å². The van der Waals surface area contributed by atoms with Gasteiger partial charge in [-0.1, -0.05) is 6.42 Å². The smallest absolute Gasteiger partial charge is 0.287 e. The van der Waals surface area contributed by atoms with Gasteiger partial charge in [-0.2, -0.15) is 0 Å². The third kappa shape index (κ3) is 3.27. The molecule has 0 aliphatic heterocycles. The highest BCUT2D eigenvalue weighted by atomic mass is 35.5. The molecule has 1 heterocycles. The number of halogens is 2. The van der Waals surface area contributed by atoms with Crippen molar-refractivity contribution in [2.24, 2.45) is 17.6 Å². The predicted molar refractivity (Wildman–Crippen MR) is 97.5 cm³/mol. The standard InChI is InChI=1S/C19H23FN2O2.ClH/c1-10-15-9-13(20)5-6-16(15)24-18(10)19(23)22-17-11-3-2-4-12(17)8-14(21)7-11;/h5-6,9,11-12,14,17H,2-4,7-8,21H2,1H3,(H,22,23);1H. The summed E-state index contributed by atoms with van der Waals surface area (Å²) in [5.74, 6) is 0.691. The SMILES string of the molecule is Cc1c(C(=O)NC2C3CCCC2CC(N)C3)oc2ccc(F)cc12.Cl. The molecule has 0 radical (unpaired) electrons. The van der Waals surface area contributed by atoms with Gasteiger partial charge in [0.2, 0.25) is 0 Å². The number of carbonyl (C=O) groups excluding carboxylic acids is 1. The second-order valence-electron chi connectivity index (χ2n) is 7.38. The summed E-state index contributed by atoms with van der Waals surface area (Å²) in [5.41, 5.74) is 7.39. The van der Waals surface area contributed by atoms with Gasteiger partial charge < -0.3 is 15.5 Å². The number of amides is 1. The number of aryl methyl sites for hydroxylation is 1. The van der Waals surface area contributed by atoms with Gasteiger partial charge in [-0.05, 0) is 62.6 Å². The second kappa shape index (κ2) is 6.96. The maximum atomic E-state index is 13.4. The molecule has 6 heteroatoms. The molecule has 2 bridgehead atoms. The van der Waals surface area contributed by atoms with E-state index in [2.05, 4.69) is 5.32 Å². The fourth-order valence-corrected chi connectivity index (χ4v) is 4.65. The van der Waals surface area contributed by atoms with Gasteiger partial charge >= 0.3 is 0 Å². The molecule has 1 amide bonds. The van der Waals surface area contributed by atoms with Crippen LogP contribution >= 0.6 is 12.4 Å². The van der Waals surface area contributed by atoms with Crippen LogP contribution in [0.15, 0.2) is 22.6 Å². The minimum absolute atomic E-state index is 0. The van der Waals surface area contributed by atoms with Crippen molar-refractivity contribution < 1.29 is 13.6 Å². The number of hydrogen-bond acceptors (Lipinski definition) is 3. The minimum atomic E-state index is -0.325. The van der Waals surface area contributed by atoms with Gasteiger partial charge in [0.1, 0.15) is 11.4 Å². The summed E-state index contributed by atoms with van der Waals surface area (Å²) in [4.78, 5) is 12.8. The van der Waals surface area contributed by atoms with Crippen LogP contribution in [0.25, 0.3) is 11.0 Å². The maximum Gasteiger partial charge on any atom is 0.287 e. The van der Waals surface area contributed by atoms with Crippen LogP contribution in [0.2, 0.25) is 0 Å². The second-order valence-corrected chi connectivity index (χ2v) is 7.38. The summed E-state index contributed by atoms with van der Waals surface area (Å²) in [6.07, 6.45) is 5.42. The van der Waals surface area contributed by atoms with Crippen LogP contribution in [0.1, 0.15) is 48.2 Å². The van der Waals surface area contributed by atoms with Gasteiger partial charge in [0, 0.05) is 23.0 Å². The van der Waals surface area contributed by atoms with Crippen molar-refractivity contribution in [3.63, 3.8) is 0 Å². The number of nitrogens with one attached hydrogen (secondary N) is 1. The molecule has 3 N–H and O–H groups in total. The van der Waals surface area contributed by atoms with Crippen LogP contribution in [0, 0.1) is 24.6 Å². The molecule has 4 rings (SSSR count). The van der Waals surface area contributed by atoms with Gasteiger partial charge in [-0.15, -0.1) is 12.4 Å². The molecule has 1 aromatic carbocycles. The Labute approximate surface area is 152 Å². The first-order valence-electron chi connectivity index (χ1n) is 8.78. The van der Waals surface area contributed by atoms with E-state index in [1.54, 1.807) is 13.0 Å². The fraction of sp³-hybridized carbons (Fsp3) is 0.526. The Morgan fingerprint density at radius 2 is 1.96 bits per heavy atom. The van der Waals surface area contributed by atoms with Crippen molar-refractivity contribution in [1.29, 1.82) is 0 Å². The Morgan fingerprint density at radius 3 is 2.64 bits per heavy atom. The summed E-state index contributed by atoms with van der Waals surface area (Å²) in [5, 5.41) is 3.85. The molecule has 0 saturated heterocycles. The van der Waals surface area contributed by atoms with Crippen molar-refractivity contribution in [1.82, 2.24) is 5.32 Å². The van der Waals surface area contributed by atoms with E-state index in [-0.39, 0.29) is 36.2 Å². The summed E-state index contributed by atoms with van der Waals surface area (Å²) in [6, 6.07) is 4.77. The molecule has 4 nitrogen and oxygen atoms in total. The van der Waals surface area contributed by atoms with Gasteiger partial charge in [0.15, 0.2) is 5.76 Å². The molecule has 2 atom stereocenters. The van der Waals surface area contributed by atoms with Gasteiger partial charge in [0.25, 0.3) is 5.91 Å². The van der Waals surface area contributed by atoms with Crippen molar-refractivity contribution >= 4 is 29.3 Å². The first kappa shape index (κ1) is 18.2. The van der Waals surface area contributed by atoms with Crippen molar-refractivity contribution in [3.8, 4) is 0 Å². The minimum Gasteiger partial charge on any atom is -0.451 e. The maximum absolute atomic E-state index is 13.4. The first-order chi connectivity index (χ1) is 11.5. The number of hydrogen-bond donors (Lipinski definition) is 2. The molecule has 2 fully saturated rings. The summed E-state index contributed by atoms with van der Waals surface area (Å²) < 4.78 is 19.1. The third-order valence-corrected chi connectivity index (χ3v) is 5.78. The molecule has 0 spiro atoms. The van der Waals surface area contributed by atoms with E-state index in [1.165, 1.54) is 18.6 Å². The molecule has 136 valence electrons. The normalized spacial score (nSPS) is 28.4. The summed E-state index contributed by atoms with van der Waals surface area (Å²) in [6.45, 7) is 1.80. The van der Waals surface area contributed by atoms with Crippen molar-refractivity contribution in [3.05, 3.63) is 35.3 Å². The third-order valence-electron chi connectivity index (χ3n) is 5.78. The highest BCUT2D eigenvalue weighted by Crippen LogP contribution is 2.40. The lowest BCUT2D eigenvalue weighted by atomic mass is 9.67. The Balaban J connectivity index is 0.00000182. The largest absolute Gasteiger partial charge is 0.451 e. The van der Waals surface area contributed by atoms with Gasteiger partial charge in [-0.25, -0.2) is 4.39 Å². The average Bonchev–Trinajstić information content (AvgIpc) is 2.85. The molecule has 2 aromatic rings. The van der Waals surface area contributed by atoms with Crippen molar-refractivity contribution in [2.45, 2.75) is 51.1 Å². The van der Waals surface area contributed by atoms with Crippen LogP contribution < -0.4 is 11.1 Å². The first-order valence-corrected chi connectivity index (χ1v) is 8.78. The number of carbonyl (C=O) groups is 1. The predicted octanol–water partition coefficient (Wildman–Crippen LogP) is 3.94. The van der Waals surface area contributed by atoms with Crippen LogP contribution in [-0.2, 0) is 0 Å². The zero-order chi connectivity index (χ0) is 16.8. The highest BCUT2D eigenvalue weighted by molar-refractivity contribution is 5.99. The number of rotatable bonds is 2. The zero-order valence-electron chi connectivity index (χ0n) is 14.3. The monoisotopic (exact) mass is 366 g/mol. The van der Waals surface area contributed by atoms with E-state index in [4.69, 9.17) is 10.2 Å². The quantitative estimate of drug-likeness (QED) is 0.845. The van der Waals surface area contributed by atoms with Crippen LogP contribution in [-0.4, -0.2) is 18.0 Å². The molecular weight excluding hydrogens is 343 g/mol. The van der Waals surface area contributed by atoms with Gasteiger partial charge in [-0.3, -0.25) is 4.79 Å². The van der Waals surface area contributed by atoms with E-state index in [9.17, 15) is 9.18 Å². The lowest BCUT2D eigenvalue weighted by molar-refractivity contribution is 0.0733. The van der Waals surface area contributed by atoms with E-state index in [1.807, 2.05) is 0 Å². The summed E-state index contributed by atoms with van der Waals surface area (Å²) in [7, 11) is 0. The number of furan rings is 1. The lowest BCUT2D eigenvalue weighted by Gasteiger charge is -2.45. The van der Waals surface area contributed by atoms with Crippen LogP contribution in [0.3, 0.4) is 0 Å². The fourth-order valence-electron chi connectivity index (χ4n) is 4.65.